The predicted molar refractivity (Wildman–Crippen MR) is 109 cm³/mol. The monoisotopic (exact) mass is 396 g/mol. The first-order valence-corrected chi connectivity index (χ1v) is 9.79. The van der Waals surface area contributed by atoms with E-state index in [0.29, 0.717) is 11.6 Å². The first-order valence-electron chi connectivity index (χ1n) is 8.53. The summed E-state index contributed by atoms with van der Waals surface area (Å²) in [6.45, 7) is 4.61. The van der Waals surface area contributed by atoms with Gasteiger partial charge in [-0.05, 0) is 56.3 Å². The van der Waals surface area contributed by atoms with Gasteiger partial charge in [0.1, 0.15) is 16.5 Å². The zero-order valence-corrected chi connectivity index (χ0v) is 16.5. The summed E-state index contributed by atoms with van der Waals surface area (Å²) in [6, 6.07) is 15.5. The molecular weight excluding hydrogens is 380 g/mol. The summed E-state index contributed by atoms with van der Waals surface area (Å²) in [4.78, 5) is 4.75. The molecular formula is C20H17ClN4OS. The summed E-state index contributed by atoms with van der Waals surface area (Å²) >= 11 is 7.65. The molecule has 0 aliphatic heterocycles. The molecule has 0 aliphatic carbocycles. The first kappa shape index (κ1) is 17.7. The SMILES string of the molecule is CCOc1ccc(-c2csc(-c3nnn(-c4cccc(Cl)c4)c3C)n2)cc1. The molecule has 4 aromatic rings. The summed E-state index contributed by atoms with van der Waals surface area (Å²) in [5.74, 6) is 0.858. The largest absolute Gasteiger partial charge is 0.494 e. The maximum Gasteiger partial charge on any atom is 0.146 e. The number of ether oxygens (including phenoxy) is 1. The van der Waals surface area contributed by atoms with Crippen LogP contribution in [0.3, 0.4) is 0 Å². The van der Waals surface area contributed by atoms with Crippen LogP contribution in [-0.2, 0) is 0 Å². The van der Waals surface area contributed by atoms with Crippen LogP contribution in [0.1, 0.15) is 12.6 Å². The van der Waals surface area contributed by atoms with E-state index < -0.39 is 0 Å². The molecule has 0 atom stereocenters. The fraction of sp³-hybridized carbons (Fsp3) is 0.150. The molecule has 2 heterocycles. The maximum absolute atomic E-state index is 6.09. The van der Waals surface area contributed by atoms with Gasteiger partial charge < -0.3 is 4.74 Å². The number of halogens is 1. The lowest BCUT2D eigenvalue weighted by molar-refractivity contribution is 0.340. The molecule has 0 saturated carbocycles. The molecule has 0 N–H and O–H groups in total. The fourth-order valence-electron chi connectivity index (χ4n) is 2.78. The van der Waals surface area contributed by atoms with Crippen molar-refractivity contribution < 1.29 is 4.74 Å². The van der Waals surface area contributed by atoms with Crippen molar-refractivity contribution in [2.75, 3.05) is 6.61 Å². The molecule has 0 bridgehead atoms. The molecule has 0 unspecified atom stereocenters. The highest BCUT2D eigenvalue weighted by atomic mass is 35.5. The number of benzene rings is 2. The molecule has 7 heteroatoms. The number of hydrogen-bond acceptors (Lipinski definition) is 5. The normalized spacial score (nSPS) is 10.9. The van der Waals surface area contributed by atoms with Gasteiger partial charge in [0.25, 0.3) is 0 Å². The summed E-state index contributed by atoms with van der Waals surface area (Å²) in [5.41, 5.74) is 4.53. The van der Waals surface area contributed by atoms with E-state index in [-0.39, 0.29) is 0 Å². The van der Waals surface area contributed by atoms with E-state index in [1.165, 1.54) is 0 Å². The Hall–Kier alpha value is -2.70. The molecule has 0 aliphatic rings. The van der Waals surface area contributed by atoms with Crippen LogP contribution >= 0.6 is 22.9 Å². The van der Waals surface area contributed by atoms with Crippen molar-refractivity contribution in [1.29, 1.82) is 0 Å². The van der Waals surface area contributed by atoms with Crippen molar-refractivity contribution in [3.05, 3.63) is 64.6 Å². The standard InChI is InChI=1S/C20H17ClN4OS/c1-3-26-17-9-7-14(8-10-17)18-12-27-20(22-18)19-13(2)25(24-23-19)16-6-4-5-15(21)11-16/h4-12H,3H2,1-2H3. The topological polar surface area (TPSA) is 52.8 Å². The molecule has 0 saturated heterocycles. The van der Waals surface area contributed by atoms with E-state index in [1.807, 2.05) is 67.8 Å². The molecule has 5 nitrogen and oxygen atoms in total. The highest BCUT2D eigenvalue weighted by molar-refractivity contribution is 7.13. The van der Waals surface area contributed by atoms with Crippen LogP contribution in [0, 0.1) is 6.92 Å². The highest BCUT2D eigenvalue weighted by Gasteiger charge is 2.16. The van der Waals surface area contributed by atoms with Gasteiger partial charge in [-0.1, -0.05) is 22.9 Å². The Morgan fingerprint density at radius 1 is 1.15 bits per heavy atom. The van der Waals surface area contributed by atoms with Gasteiger partial charge in [0.2, 0.25) is 0 Å². The molecule has 0 spiro atoms. The molecule has 4 rings (SSSR count). The van der Waals surface area contributed by atoms with Gasteiger partial charge in [-0.15, -0.1) is 16.4 Å². The van der Waals surface area contributed by atoms with Crippen LogP contribution in [0.25, 0.3) is 27.6 Å². The van der Waals surface area contributed by atoms with Crippen molar-refractivity contribution in [1.82, 2.24) is 20.0 Å². The van der Waals surface area contributed by atoms with Crippen LogP contribution in [0.5, 0.6) is 5.75 Å². The molecule has 2 aromatic carbocycles. The van der Waals surface area contributed by atoms with Crippen LogP contribution in [0.4, 0.5) is 0 Å². The van der Waals surface area contributed by atoms with Gasteiger partial charge in [-0.2, -0.15) is 0 Å². The van der Waals surface area contributed by atoms with Crippen molar-refractivity contribution in [2.24, 2.45) is 0 Å². The molecule has 27 heavy (non-hydrogen) atoms. The second-order valence-corrected chi connectivity index (χ2v) is 7.20. The molecule has 2 aromatic heterocycles. The number of rotatable bonds is 5. The van der Waals surface area contributed by atoms with E-state index >= 15 is 0 Å². The summed E-state index contributed by atoms with van der Waals surface area (Å²) < 4.78 is 7.27. The fourth-order valence-corrected chi connectivity index (χ4v) is 3.83. The average Bonchev–Trinajstić information content (AvgIpc) is 3.29. The Kier molecular flexibility index (Phi) is 4.92. The lowest BCUT2D eigenvalue weighted by Crippen LogP contribution is -1.98. The van der Waals surface area contributed by atoms with Crippen LogP contribution in [-0.4, -0.2) is 26.6 Å². The van der Waals surface area contributed by atoms with Crippen LogP contribution < -0.4 is 4.74 Å². The quantitative estimate of drug-likeness (QED) is 0.452. The average molecular weight is 397 g/mol. The van der Waals surface area contributed by atoms with Gasteiger partial charge in [0.15, 0.2) is 0 Å². The van der Waals surface area contributed by atoms with Gasteiger partial charge in [0.05, 0.1) is 23.7 Å². The Morgan fingerprint density at radius 2 is 1.96 bits per heavy atom. The van der Waals surface area contributed by atoms with Gasteiger partial charge >= 0.3 is 0 Å². The van der Waals surface area contributed by atoms with E-state index in [1.54, 1.807) is 16.0 Å². The second kappa shape index (κ2) is 7.50. The third-order valence-corrected chi connectivity index (χ3v) is 5.20. The molecule has 0 fully saturated rings. The Bertz CT molecular complexity index is 1070. The van der Waals surface area contributed by atoms with Crippen LogP contribution in [0.15, 0.2) is 53.9 Å². The van der Waals surface area contributed by atoms with E-state index in [9.17, 15) is 0 Å². The minimum Gasteiger partial charge on any atom is -0.494 e. The predicted octanol–water partition coefficient (Wildman–Crippen LogP) is 5.42. The Balaban J connectivity index is 1.64. The van der Waals surface area contributed by atoms with E-state index in [2.05, 4.69) is 10.3 Å². The maximum atomic E-state index is 6.09. The van der Waals surface area contributed by atoms with E-state index in [0.717, 1.165) is 39.1 Å². The minimum atomic E-state index is 0.655. The minimum absolute atomic E-state index is 0.655. The van der Waals surface area contributed by atoms with Crippen molar-refractivity contribution in [3.8, 4) is 33.4 Å². The Labute approximate surface area is 166 Å². The third kappa shape index (κ3) is 3.59. The molecule has 0 radical (unpaired) electrons. The third-order valence-electron chi connectivity index (χ3n) is 4.12. The van der Waals surface area contributed by atoms with Crippen molar-refractivity contribution >= 4 is 22.9 Å². The lowest BCUT2D eigenvalue weighted by Gasteiger charge is -2.03. The van der Waals surface area contributed by atoms with Gasteiger partial charge in [0, 0.05) is 16.0 Å². The summed E-state index contributed by atoms with van der Waals surface area (Å²) in [7, 11) is 0. The Morgan fingerprint density at radius 3 is 2.70 bits per heavy atom. The van der Waals surface area contributed by atoms with Crippen LogP contribution in [0.2, 0.25) is 5.02 Å². The molecule has 0 amide bonds. The summed E-state index contributed by atoms with van der Waals surface area (Å²) in [6.07, 6.45) is 0. The summed E-state index contributed by atoms with van der Waals surface area (Å²) in [5, 5.41) is 12.1. The van der Waals surface area contributed by atoms with Crippen molar-refractivity contribution in [3.63, 3.8) is 0 Å². The van der Waals surface area contributed by atoms with Crippen molar-refractivity contribution in [2.45, 2.75) is 13.8 Å². The second-order valence-electron chi connectivity index (χ2n) is 5.91. The number of aromatic nitrogens is 4. The number of thiazole rings is 1. The zero-order chi connectivity index (χ0) is 18.8. The number of hydrogen-bond donors (Lipinski definition) is 0. The van der Waals surface area contributed by atoms with E-state index in [4.69, 9.17) is 21.3 Å². The smallest absolute Gasteiger partial charge is 0.146 e. The molecule has 136 valence electrons. The first-order chi connectivity index (χ1) is 13.2. The zero-order valence-electron chi connectivity index (χ0n) is 14.9. The highest BCUT2D eigenvalue weighted by Crippen LogP contribution is 2.31. The van der Waals surface area contributed by atoms with Gasteiger partial charge in [-0.3, -0.25) is 0 Å². The lowest BCUT2D eigenvalue weighted by atomic mass is 10.2. The van der Waals surface area contributed by atoms with Gasteiger partial charge in [-0.25, -0.2) is 9.67 Å². The number of nitrogens with zero attached hydrogens (tertiary/aromatic N) is 4.